The van der Waals surface area contributed by atoms with E-state index in [2.05, 4.69) is 34.7 Å². The first-order chi connectivity index (χ1) is 18.2. The maximum atomic E-state index is 12.6. The number of para-hydroxylation sites is 1. The Morgan fingerprint density at radius 3 is 2.43 bits per heavy atom. The lowest BCUT2D eigenvalue weighted by atomic mass is 10.0. The minimum absolute atomic E-state index is 0.0373. The third kappa shape index (κ3) is 5.89. The highest BCUT2D eigenvalue weighted by molar-refractivity contribution is 5.94. The average Bonchev–Trinajstić information content (AvgIpc) is 3.34. The molecule has 0 saturated heterocycles. The molecule has 5 rings (SSSR count). The lowest BCUT2D eigenvalue weighted by Gasteiger charge is -2.11. The minimum atomic E-state index is -0.0373. The highest BCUT2D eigenvalue weighted by Crippen LogP contribution is 2.31. The van der Waals surface area contributed by atoms with Crippen LogP contribution >= 0.6 is 0 Å². The Balaban J connectivity index is 1.12. The number of rotatable bonds is 9. The molecule has 4 aromatic rings. The van der Waals surface area contributed by atoms with Crippen LogP contribution in [-0.2, 0) is 6.42 Å². The zero-order valence-corrected chi connectivity index (χ0v) is 20.8. The van der Waals surface area contributed by atoms with Crippen LogP contribution in [0.25, 0.3) is 22.4 Å². The first-order valence-electron chi connectivity index (χ1n) is 12.8. The van der Waals surface area contributed by atoms with Gasteiger partial charge in [-0.1, -0.05) is 73.2 Å². The van der Waals surface area contributed by atoms with Gasteiger partial charge in [0.05, 0.1) is 0 Å². The van der Waals surface area contributed by atoms with E-state index in [-0.39, 0.29) is 11.7 Å². The molecule has 1 aromatic heterocycles. The number of aromatic nitrogens is 2. The summed E-state index contributed by atoms with van der Waals surface area (Å²) < 4.78 is 2.02. The van der Waals surface area contributed by atoms with Crippen molar-refractivity contribution in [3.05, 3.63) is 120 Å². The summed E-state index contributed by atoms with van der Waals surface area (Å²) in [7, 11) is 0. The lowest BCUT2D eigenvalue weighted by Crippen LogP contribution is -2.24. The Hall–Kier alpha value is -4.38. The average molecular weight is 490 g/mol. The second kappa shape index (κ2) is 11.6. The fraction of sp³-hybridized carbons (Fsp3) is 0.188. The van der Waals surface area contributed by atoms with Crippen molar-refractivity contribution < 1.29 is 9.90 Å². The highest BCUT2D eigenvalue weighted by Gasteiger charge is 2.14. The molecule has 37 heavy (non-hydrogen) atoms. The van der Waals surface area contributed by atoms with E-state index >= 15 is 0 Å². The van der Waals surface area contributed by atoms with Crippen LogP contribution in [0.15, 0.2) is 103 Å². The maximum absolute atomic E-state index is 12.6. The van der Waals surface area contributed by atoms with Gasteiger partial charge in [0.15, 0.2) is 0 Å². The molecule has 0 fully saturated rings. The van der Waals surface area contributed by atoms with E-state index in [9.17, 15) is 9.90 Å². The number of hydrogen-bond acceptors (Lipinski definition) is 3. The number of nitrogens with one attached hydrogen (secondary N) is 1. The van der Waals surface area contributed by atoms with Gasteiger partial charge in [0.2, 0.25) is 0 Å². The molecular weight excluding hydrogens is 458 g/mol. The number of hydrogen-bond donors (Lipinski definition) is 2. The van der Waals surface area contributed by atoms with Crippen LogP contribution in [0.1, 0.15) is 47.3 Å². The first-order valence-corrected chi connectivity index (χ1v) is 12.8. The fourth-order valence-electron chi connectivity index (χ4n) is 4.70. The molecule has 1 aliphatic heterocycles. The van der Waals surface area contributed by atoms with E-state index in [0.29, 0.717) is 12.1 Å². The summed E-state index contributed by atoms with van der Waals surface area (Å²) in [4.78, 5) is 12.6. The van der Waals surface area contributed by atoms with E-state index in [1.54, 1.807) is 6.07 Å². The summed E-state index contributed by atoms with van der Waals surface area (Å²) in [5.74, 6) is 0.249. The number of nitrogens with zero attached hydrogens (tertiary/aromatic N) is 2. The molecule has 186 valence electrons. The van der Waals surface area contributed by atoms with Gasteiger partial charge in [-0.2, -0.15) is 5.10 Å². The van der Waals surface area contributed by atoms with Crippen LogP contribution in [0.3, 0.4) is 0 Å². The van der Waals surface area contributed by atoms with Crippen molar-refractivity contribution in [2.75, 3.05) is 6.54 Å². The largest absolute Gasteiger partial charge is 0.507 e. The second-order valence-corrected chi connectivity index (χ2v) is 9.26. The molecule has 2 heterocycles. The van der Waals surface area contributed by atoms with Gasteiger partial charge in [-0.15, -0.1) is 0 Å². The highest BCUT2D eigenvalue weighted by atomic mass is 16.3. The van der Waals surface area contributed by atoms with Gasteiger partial charge in [-0.3, -0.25) is 4.79 Å². The second-order valence-electron chi connectivity index (χ2n) is 9.26. The molecular formula is C32H31N3O2. The van der Waals surface area contributed by atoms with Gasteiger partial charge >= 0.3 is 0 Å². The molecule has 0 radical (unpaired) electrons. The Kier molecular flexibility index (Phi) is 7.60. The third-order valence-corrected chi connectivity index (χ3v) is 6.71. The molecule has 2 N–H and O–H groups in total. The third-order valence-electron chi connectivity index (χ3n) is 6.71. The van der Waals surface area contributed by atoms with Gasteiger partial charge in [0.25, 0.3) is 5.91 Å². The standard InChI is InChI=1S/C32H31N3O2/c36-31-13-7-6-12-30(31)27-18-19-28-20-22-34-35(28)29(23-27)11-5-2-8-21-33-32(37)26-16-14-25(15-17-26)24-9-3-1-4-10-24/h1,3-4,6-7,9-10,12-18,20,22-23,36H,2,5,8,11,19,21H2,(H,33,37). The zero-order valence-electron chi connectivity index (χ0n) is 20.8. The smallest absolute Gasteiger partial charge is 0.251 e. The number of fused-ring (bicyclic) bond motifs is 1. The Labute approximate surface area is 217 Å². The Morgan fingerprint density at radius 2 is 1.62 bits per heavy atom. The van der Waals surface area contributed by atoms with Crippen LogP contribution < -0.4 is 5.32 Å². The van der Waals surface area contributed by atoms with E-state index in [4.69, 9.17) is 0 Å². The number of phenolic OH excluding ortho intramolecular Hbond substituents is 1. The molecule has 0 atom stereocenters. The molecule has 3 aromatic carbocycles. The van der Waals surface area contributed by atoms with Crippen LogP contribution in [-0.4, -0.2) is 27.3 Å². The summed E-state index contributed by atoms with van der Waals surface area (Å²) in [5, 5.41) is 17.9. The maximum Gasteiger partial charge on any atom is 0.251 e. The number of carbonyl (C=O) groups excluding carboxylic acids is 1. The van der Waals surface area contributed by atoms with Crippen LogP contribution in [0, 0.1) is 0 Å². The number of unbranched alkanes of at least 4 members (excludes halogenated alkanes) is 2. The van der Waals surface area contributed by atoms with E-state index in [0.717, 1.165) is 65.8 Å². The van der Waals surface area contributed by atoms with Crippen molar-refractivity contribution in [2.24, 2.45) is 0 Å². The van der Waals surface area contributed by atoms with Crippen molar-refractivity contribution in [3.8, 4) is 16.9 Å². The summed E-state index contributed by atoms with van der Waals surface area (Å²) in [6, 6.07) is 27.4. The summed E-state index contributed by atoms with van der Waals surface area (Å²) >= 11 is 0. The predicted octanol–water partition coefficient (Wildman–Crippen LogP) is 6.73. The number of benzene rings is 3. The van der Waals surface area contributed by atoms with Gasteiger partial charge < -0.3 is 10.4 Å². The molecule has 5 heteroatoms. The molecule has 5 nitrogen and oxygen atoms in total. The predicted molar refractivity (Wildman–Crippen MR) is 149 cm³/mol. The van der Waals surface area contributed by atoms with Crippen LogP contribution in [0.5, 0.6) is 5.75 Å². The number of phenols is 1. The summed E-state index contributed by atoms with van der Waals surface area (Å²) in [6.07, 6.45) is 10.7. The Bertz CT molecular complexity index is 1420. The Morgan fingerprint density at radius 1 is 0.865 bits per heavy atom. The lowest BCUT2D eigenvalue weighted by molar-refractivity contribution is 0.0953. The van der Waals surface area contributed by atoms with Crippen molar-refractivity contribution in [3.63, 3.8) is 0 Å². The van der Waals surface area contributed by atoms with E-state index < -0.39 is 0 Å². The minimum Gasteiger partial charge on any atom is -0.507 e. The van der Waals surface area contributed by atoms with Crippen LogP contribution in [0.2, 0.25) is 0 Å². The molecule has 0 bridgehead atoms. The van der Waals surface area contributed by atoms with Crippen LogP contribution in [0.4, 0.5) is 0 Å². The van der Waals surface area contributed by atoms with Crippen molar-refractivity contribution in [1.82, 2.24) is 15.1 Å². The molecule has 0 aliphatic carbocycles. The molecule has 0 saturated carbocycles. The topological polar surface area (TPSA) is 67.2 Å². The van der Waals surface area contributed by atoms with Gasteiger partial charge in [-0.05, 0) is 66.3 Å². The quantitative estimate of drug-likeness (QED) is 0.256. The van der Waals surface area contributed by atoms with Gasteiger partial charge in [0, 0.05) is 41.7 Å². The monoisotopic (exact) mass is 489 g/mol. The van der Waals surface area contributed by atoms with Crippen molar-refractivity contribution in [1.29, 1.82) is 0 Å². The molecule has 1 aliphatic rings. The van der Waals surface area contributed by atoms with Gasteiger partial charge in [-0.25, -0.2) is 4.68 Å². The SMILES string of the molecule is O=C(NCCCCCC1=CC(c2ccccc2O)=CCc2ccnn21)c1ccc(-c2ccccc2)cc1. The van der Waals surface area contributed by atoms with Crippen molar-refractivity contribution in [2.45, 2.75) is 32.1 Å². The van der Waals surface area contributed by atoms with Gasteiger partial charge in [0.1, 0.15) is 5.75 Å². The van der Waals surface area contributed by atoms with Crippen molar-refractivity contribution >= 4 is 17.2 Å². The van der Waals surface area contributed by atoms with E-state index in [1.807, 2.05) is 77.6 Å². The number of aromatic hydroxyl groups is 1. The fourth-order valence-corrected chi connectivity index (χ4v) is 4.70. The molecule has 0 unspecified atom stereocenters. The number of allylic oxidation sites excluding steroid dienone is 4. The summed E-state index contributed by atoms with van der Waals surface area (Å²) in [5.41, 5.74) is 7.04. The summed E-state index contributed by atoms with van der Waals surface area (Å²) in [6.45, 7) is 0.647. The number of carbonyl (C=O) groups is 1. The zero-order chi connectivity index (χ0) is 25.5. The van der Waals surface area contributed by atoms with E-state index in [1.165, 1.54) is 0 Å². The molecule has 0 spiro atoms. The molecule has 1 amide bonds. The number of amides is 1. The first kappa shape index (κ1) is 24.3. The normalized spacial score (nSPS) is 12.8.